The molecular formula is C46H30N2. The van der Waals surface area contributed by atoms with Crippen LogP contribution in [0.2, 0.25) is 0 Å². The van der Waals surface area contributed by atoms with Crippen molar-refractivity contribution in [1.29, 1.82) is 0 Å². The number of benzene rings is 8. The summed E-state index contributed by atoms with van der Waals surface area (Å²) in [5.41, 5.74) is 12.1. The molecular weight excluding hydrogens is 581 g/mol. The van der Waals surface area contributed by atoms with Crippen LogP contribution in [0.5, 0.6) is 0 Å². The quantitative estimate of drug-likeness (QED) is 0.188. The van der Waals surface area contributed by atoms with Gasteiger partial charge < -0.3 is 9.13 Å². The van der Waals surface area contributed by atoms with Gasteiger partial charge in [-0.05, 0) is 75.5 Å². The van der Waals surface area contributed by atoms with E-state index in [1.54, 1.807) is 0 Å². The van der Waals surface area contributed by atoms with E-state index in [2.05, 4.69) is 191 Å². The SMILES string of the molecule is c1ccc(-n2c3ccccc3c3ccc4c(c5ccccc5n4-c4ccc(-c5ccc(-c6cccc7ccccc67)cc5)cc4)c32)cc1. The predicted octanol–water partition coefficient (Wildman–Crippen LogP) is 12.4. The normalized spacial score (nSPS) is 11.8. The molecule has 0 radical (unpaired) electrons. The monoisotopic (exact) mass is 610 g/mol. The summed E-state index contributed by atoms with van der Waals surface area (Å²) >= 11 is 0. The summed E-state index contributed by atoms with van der Waals surface area (Å²) in [6.45, 7) is 0. The average Bonchev–Trinajstić information content (AvgIpc) is 3.68. The minimum absolute atomic E-state index is 1.15. The minimum atomic E-state index is 1.15. The first-order chi connectivity index (χ1) is 23.8. The second-order valence-corrected chi connectivity index (χ2v) is 12.5. The fourth-order valence-electron chi connectivity index (χ4n) is 7.75. The number of fused-ring (bicyclic) bond motifs is 8. The third-order valence-corrected chi connectivity index (χ3v) is 9.93. The van der Waals surface area contributed by atoms with Crippen LogP contribution in [-0.4, -0.2) is 9.13 Å². The standard InChI is InChI=1S/C46H30N2/c1-2-13-35(14-3-1)48-42-19-8-6-16-39(42)40-29-30-44-45(46(40)48)41-17-7-9-20-43(41)47(44)36-27-25-32(26-28-36)31-21-23-34(24-22-31)38-18-10-12-33-11-4-5-15-37(33)38/h1-30H. The smallest absolute Gasteiger partial charge is 0.0641 e. The van der Waals surface area contributed by atoms with E-state index in [1.165, 1.54) is 82.3 Å². The second kappa shape index (κ2) is 10.6. The minimum Gasteiger partial charge on any atom is -0.309 e. The molecule has 2 aromatic heterocycles. The highest BCUT2D eigenvalue weighted by atomic mass is 15.0. The molecule has 8 aromatic carbocycles. The van der Waals surface area contributed by atoms with Gasteiger partial charge in [0.15, 0.2) is 0 Å². The Bertz CT molecular complexity index is 2790. The van der Waals surface area contributed by atoms with Crippen LogP contribution >= 0.6 is 0 Å². The molecule has 0 amide bonds. The lowest BCUT2D eigenvalue weighted by Crippen LogP contribution is -1.95. The van der Waals surface area contributed by atoms with Crippen molar-refractivity contribution >= 4 is 54.4 Å². The Morgan fingerprint density at radius 3 is 1.62 bits per heavy atom. The fraction of sp³-hybridized carbons (Fsp3) is 0. The summed E-state index contributed by atoms with van der Waals surface area (Å²) in [6.07, 6.45) is 0. The van der Waals surface area contributed by atoms with E-state index in [4.69, 9.17) is 0 Å². The summed E-state index contributed by atoms with van der Waals surface area (Å²) < 4.78 is 4.86. The van der Waals surface area contributed by atoms with Gasteiger partial charge in [0, 0.05) is 32.9 Å². The van der Waals surface area contributed by atoms with E-state index in [0.29, 0.717) is 0 Å². The molecule has 0 unspecified atom stereocenters. The number of hydrogen-bond acceptors (Lipinski definition) is 0. The van der Waals surface area contributed by atoms with Gasteiger partial charge in [0.05, 0.1) is 22.1 Å². The highest BCUT2D eigenvalue weighted by molar-refractivity contribution is 6.26. The van der Waals surface area contributed by atoms with Gasteiger partial charge in [0.1, 0.15) is 0 Å². The molecule has 0 N–H and O–H groups in total. The van der Waals surface area contributed by atoms with Crippen LogP contribution < -0.4 is 0 Å². The Labute approximate surface area is 278 Å². The zero-order valence-electron chi connectivity index (χ0n) is 26.2. The van der Waals surface area contributed by atoms with Crippen molar-refractivity contribution in [3.8, 4) is 33.6 Å². The van der Waals surface area contributed by atoms with Gasteiger partial charge in [0.25, 0.3) is 0 Å². The molecule has 0 aliphatic heterocycles. The van der Waals surface area contributed by atoms with Crippen molar-refractivity contribution in [1.82, 2.24) is 9.13 Å². The summed E-state index contributed by atoms with van der Waals surface area (Å²) in [6, 6.07) is 66.1. The Morgan fingerprint density at radius 1 is 0.292 bits per heavy atom. The zero-order chi connectivity index (χ0) is 31.6. The highest BCUT2D eigenvalue weighted by Crippen LogP contribution is 2.42. The Morgan fingerprint density at radius 2 is 0.854 bits per heavy atom. The van der Waals surface area contributed by atoms with E-state index < -0.39 is 0 Å². The van der Waals surface area contributed by atoms with Crippen LogP contribution in [-0.2, 0) is 0 Å². The van der Waals surface area contributed by atoms with Crippen molar-refractivity contribution in [2.24, 2.45) is 0 Å². The molecule has 10 rings (SSSR count). The number of rotatable bonds is 4. The Balaban J connectivity index is 1.12. The van der Waals surface area contributed by atoms with Crippen molar-refractivity contribution in [3.05, 3.63) is 182 Å². The topological polar surface area (TPSA) is 9.86 Å². The summed E-state index contributed by atoms with van der Waals surface area (Å²) in [5, 5.41) is 7.62. The van der Waals surface area contributed by atoms with Crippen molar-refractivity contribution in [3.63, 3.8) is 0 Å². The number of nitrogens with zero attached hydrogens (tertiary/aromatic N) is 2. The maximum atomic E-state index is 2.44. The van der Waals surface area contributed by atoms with E-state index >= 15 is 0 Å². The fourth-order valence-corrected chi connectivity index (χ4v) is 7.75. The largest absolute Gasteiger partial charge is 0.309 e. The van der Waals surface area contributed by atoms with Crippen LogP contribution in [0, 0.1) is 0 Å². The first kappa shape index (κ1) is 26.8. The summed E-state index contributed by atoms with van der Waals surface area (Å²) in [5.74, 6) is 0. The molecule has 0 saturated carbocycles. The van der Waals surface area contributed by atoms with Gasteiger partial charge in [-0.2, -0.15) is 0 Å². The molecule has 0 aliphatic carbocycles. The van der Waals surface area contributed by atoms with Crippen LogP contribution in [0.4, 0.5) is 0 Å². The van der Waals surface area contributed by atoms with Crippen LogP contribution in [0.1, 0.15) is 0 Å². The maximum absolute atomic E-state index is 2.44. The van der Waals surface area contributed by atoms with E-state index in [-0.39, 0.29) is 0 Å². The van der Waals surface area contributed by atoms with E-state index in [0.717, 1.165) is 5.69 Å². The molecule has 0 fully saturated rings. The third-order valence-electron chi connectivity index (χ3n) is 9.93. The van der Waals surface area contributed by atoms with Gasteiger partial charge in [-0.3, -0.25) is 0 Å². The molecule has 10 aromatic rings. The molecule has 0 spiro atoms. The first-order valence-electron chi connectivity index (χ1n) is 16.5. The Hall–Kier alpha value is -6.38. The van der Waals surface area contributed by atoms with E-state index in [9.17, 15) is 0 Å². The van der Waals surface area contributed by atoms with Gasteiger partial charge >= 0.3 is 0 Å². The van der Waals surface area contributed by atoms with Crippen molar-refractivity contribution < 1.29 is 0 Å². The zero-order valence-corrected chi connectivity index (χ0v) is 26.2. The Kier molecular flexibility index (Phi) is 5.91. The van der Waals surface area contributed by atoms with Crippen LogP contribution in [0.15, 0.2) is 182 Å². The molecule has 2 heterocycles. The van der Waals surface area contributed by atoms with Crippen molar-refractivity contribution in [2.75, 3.05) is 0 Å². The maximum Gasteiger partial charge on any atom is 0.0641 e. The molecule has 0 saturated heterocycles. The molecule has 2 heteroatoms. The number of aromatic nitrogens is 2. The predicted molar refractivity (Wildman–Crippen MR) is 203 cm³/mol. The lowest BCUT2D eigenvalue weighted by molar-refractivity contribution is 1.17. The molecule has 48 heavy (non-hydrogen) atoms. The lowest BCUT2D eigenvalue weighted by atomic mass is 9.96. The van der Waals surface area contributed by atoms with Gasteiger partial charge in [-0.15, -0.1) is 0 Å². The number of hydrogen-bond donors (Lipinski definition) is 0. The third kappa shape index (κ3) is 4.00. The highest BCUT2D eigenvalue weighted by Gasteiger charge is 2.20. The van der Waals surface area contributed by atoms with Crippen LogP contribution in [0.25, 0.3) is 88.0 Å². The van der Waals surface area contributed by atoms with Gasteiger partial charge in [-0.25, -0.2) is 0 Å². The van der Waals surface area contributed by atoms with Crippen molar-refractivity contribution in [2.45, 2.75) is 0 Å². The van der Waals surface area contributed by atoms with E-state index in [1.807, 2.05) is 0 Å². The molecule has 2 nitrogen and oxygen atoms in total. The molecule has 0 bridgehead atoms. The molecule has 0 atom stereocenters. The average molecular weight is 611 g/mol. The van der Waals surface area contributed by atoms with Gasteiger partial charge in [0.2, 0.25) is 0 Å². The first-order valence-corrected chi connectivity index (χ1v) is 16.5. The summed E-state index contributed by atoms with van der Waals surface area (Å²) in [4.78, 5) is 0. The second-order valence-electron chi connectivity index (χ2n) is 12.5. The molecule has 224 valence electrons. The van der Waals surface area contributed by atoms with Crippen LogP contribution in [0.3, 0.4) is 0 Å². The summed E-state index contributed by atoms with van der Waals surface area (Å²) in [7, 11) is 0. The van der Waals surface area contributed by atoms with Gasteiger partial charge in [-0.1, -0.05) is 140 Å². The molecule has 0 aliphatic rings. The lowest BCUT2D eigenvalue weighted by Gasteiger charge is -2.11. The number of para-hydroxylation sites is 3.